The second kappa shape index (κ2) is 5.23. The van der Waals surface area contributed by atoms with Crippen LogP contribution in [-0.2, 0) is 10.2 Å². The summed E-state index contributed by atoms with van der Waals surface area (Å²) in [5.74, 6) is 0.430. The lowest BCUT2D eigenvalue weighted by Crippen LogP contribution is -2.27. The Bertz CT molecular complexity index is 380. The molecule has 1 aromatic rings. The van der Waals surface area contributed by atoms with Gasteiger partial charge in [0, 0.05) is 17.9 Å². The standard InChI is InChI=1S/C12H20N4O/c1-8(5-13)10(17)16-9-6-14-11(15-7-9)12(2,3)4/h6-8H,5,13H2,1-4H3,(H,16,17). The zero-order valence-corrected chi connectivity index (χ0v) is 10.8. The normalized spacial score (nSPS) is 13.2. The van der Waals surface area contributed by atoms with Crippen LogP contribution in [0.5, 0.6) is 0 Å². The molecule has 0 aliphatic heterocycles. The summed E-state index contributed by atoms with van der Waals surface area (Å²) < 4.78 is 0. The summed E-state index contributed by atoms with van der Waals surface area (Å²) >= 11 is 0. The maximum Gasteiger partial charge on any atom is 0.228 e. The molecule has 0 aliphatic carbocycles. The van der Waals surface area contributed by atoms with Gasteiger partial charge in [-0.25, -0.2) is 9.97 Å². The highest BCUT2D eigenvalue weighted by atomic mass is 16.1. The first-order valence-electron chi connectivity index (χ1n) is 5.68. The van der Waals surface area contributed by atoms with E-state index in [1.165, 1.54) is 0 Å². The minimum absolute atomic E-state index is 0.0902. The van der Waals surface area contributed by atoms with Crippen LogP contribution in [0.15, 0.2) is 12.4 Å². The Morgan fingerprint density at radius 3 is 2.35 bits per heavy atom. The smallest absolute Gasteiger partial charge is 0.228 e. The molecule has 0 saturated carbocycles. The minimum Gasteiger partial charge on any atom is -0.330 e. The third-order valence-corrected chi connectivity index (χ3v) is 2.39. The molecule has 0 bridgehead atoms. The fourth-order valence-electron chi connectivity index (χ4n) is 1.15. The van der Waals surface area contributed by atoms with Crippen molar-refractivity contribution < 1.29 is 4.79 Å². The highest BCUT2D eigenvalue weighted by Crippen LogP contribution is 2.18. The highest BCUT2D eigenvalue weighted by Gasteiger charge is 2.17. The maximum absolute atomic E-state index is 11.6. The number of nitrogens with zero attached hydrogens (tertiary/aromatic N) is 2. The summed E-state index contributed by atoms with van der Waals surface area (Å²) in [4.78, 5) is 20.0. The molecule has 17 heavy (non-hydrogen) atoms. The van der Waals surface area contributed by atoms with Crippen LogP contribution in [-0.4, -0.2) is 22.4 Å². The summed E-state index contributed by atoms with van der Waals surface area (Å²) in [5, 5.41) is 2.73. The van der Waals surface area contributed by atoms with Crippen LogP contribution in [0.3, 0.4) is 0 Å². The molecular weight excluding hydrogens is 216 g/mol. The van der Waals surface area contributed by atoms with Gasteiger partial charge < -0.3 is 11.1 Å². The van der Waals surface area contributed by atoms with Crippen LogP contribution in [0.4, 0.5) is 5.69 Å². The Labute approximate surface area is 102 Å². The summed E-state index contributed by atoms with van der Waals surface area (Å²) in [6.45, 7) is 8.22. The van der Waals surface area contributed by atoms with Gasteiger partial charge in [0.05, 0.1) is 18.1 Å². The monoisotopic (exact) mass is 236 g/mol. The minimum atomic E-state index is -0.211. The molecule has 0 spiro atoms. The zero-order chi connectivity index (χ0) is 13.1. The number of amides is 1. The molecule has 1 atom stereocenters. The van der Waals surface area contributed by atoms with Crippen molar-refractivity contribution >= 4 is 11.6 Å². The SMILES string of the molecule is CC(CN)C(=O)Nc1cnc(C(C)(C)C)nc1. The van der Waals surface area contributed by atoms with Crippen molar-refractivity contribution in [3.8, 4) is 0 Å². The van der Waals surface area contributed by atoms with Gasteiger partial charge in [-0.2, -0.15) is 0 Å². The molecule has 1 unspecified atom stereocenters. The van der Waals surface area contributed by atoms with E-state index in [-0.39, 0.29) is 17.2 Å². The van der Waals surface area contributed by atoms with Crippen LogP contribution in [0.25, 0.3) is 0 Å². The lowest BCUT2D eigenvalue weighted by Gasteiger charge is -2.16. The molecule has 5 heteroatoms. The number of hydrogen-bond acceptors (Lipinski definition) is 4. The molecule has 0 fully saturated rings. The average Bonchev–Trinajstić information content (AvgIpc) is 2.27. The lowest BCUT2D eigenvalue weighted by atomic mass is 9.96. The molecule has 94 valence electrons. The molecule has 0 saturated heterocycles. The predicted molar refractivity (Wildman–Crippen MR) is 67.6 cm³/mol. The van der Waals surface area contributed by atoms with Crippen LogP contribution in [0.1, 0.15) is 33.5 Å². The number of carbonyl (C=O) groups is 1. The number of anilines is 1. The number of nitrogens with one attached hydrogen (secondary N) is 1. The predicted octanol–water partition coefficient (Wildman–Crippen LogP) is 1.31. The van der Waals surface area contributed by atoms with Gasteiger partial charge in [-0.15, -0.1) is 0 Å². The van der Waals surface area contributed by atoms with E-state index in [1.54, 1.807) is 19.3 Å². The number of carbonyl (C=O) groups excluding carboxylic acids is 1. The number of aromatic nitrogens is 2. The van der Waals surface area contributed by atoms with E-state index in [0.717, 1.165) is 5.82 Å². The van der Waals surface area contributed by atoms with E-state index in [4.69, 9.17) is 5.73 Å². The van der Waals surface area contributed by atoms with E-state index in [9.17, 15) is 4.79 Å². The van der Waals surface area contributed by atoms with Crippen molar-refractivity contribution in [2.75, 3.05) is 11.9 Å². The van der Waals surface area contributed by atoms with Crippen molar-refractivity contribution in [3.63, 3.8) is 0 Å². The first kappa shape index (κ1) is 13.6. The zero-order valence-electron chi connectivity index (χ0n) is 10.8. The van der Waals surface area contributed by atoms with Gasteiger partial charge in [-0.05, 0) is 0 Å². The molecule has 1 rings (SSSR count). The Morgan fingerprint density at radius 2 is 1.94 bits per heavy atom. The second-order valence-electron chi connectivity index (χ2n) is 5.17. The topological polar surface area (TPSA) is 80.9 Å². The van der Waals surface area contributed by atoms with Gasteiger partial charge in [0.15, 0.2) is 0 Å². The largest absolute Gasteiger partial charge is 0.330 e. The summed E-state index contributed by atoms with van der Waals surface area (Å²) in [7, 11) is 0. The third kappa shape index (κ3) is 3.78. The van der Waals surface area contributed by atoms with E-state index in [0.29, 0.717) is 12.2 Å². The number of rotatable bonds is 3. The van der Waals surface area contributed by atoms with E-state index >= 15 is 0 Å². The van der Waals surface area contributed by atoms with Gasteiger partial charge in [-0.3, -0.25) is 4.79 Å². The molecular formula is C12H20N4O. The highest BCUT2D eigenvalue weighted by molar-refractivity contribution is 5.92. The van der Waals surface area contributed by atoms with E-state index in [1.807, 2.05) is 20.8 Å². The van der Waals surface area contributed by atoms with E-state index < -0.39 is 0 Å². The fraction of sp³-hybridized carbons (Fsp3) is 0.583. The van der Waals surface area contributed by atoms with Crippen molar-refractivity contribution in [1.29, 1.82) is 0 Å². The van der Waals surface area contributed by atoms with E-state index in [2.05, 4.69) is 15.3 Å². The summed E-state index contributed by atoms with van der Waals surface area (Å²) in [5.41, 5.74) is 5.93. The maximum atomic E-state index is 11.6. The fourth-order valence-corrected chi connectivity index (χ4v) is 1.15. The van der Waals surface area contributed by atoms with Gasteiger partial charge in [-0.1, -0.05) is 27.7 Å². The van der Waals surface area contributed by atoms with Gasteiger partial charge in [0.2, 0.25) is 5.91 Å². The first-order valence-corrected chi connectivity index (χ1v) is 5.68. The molecule has 1 amide bonds. The molecule has 3 N–H and O–H groups in total. The first-order chi connectivity index (χ1) is 7.84. The Morgan fingerprint density at radius 1 is 1.41 bits per heavy atom. The molecule has 0 radical (unpaired) electrons. The van der Waals surface area contributed by atoms with Crippen LogP contribution < -0.4 is 11.1 Å². The number of hydrogen-bond donors (Lipinski definition) is 2. The van der Waals surface area contributed by atoms with Crippen LogP contribution >= 0.6 is 0 Å². The molecule has 1 aromatic heterocycles. The van der Waals surface area contributed by atoms with Gasteiger partial charge in [0.1, 0.15) is 5.82 Å². The Kier molecular flexibility index (Phi) is 4.17. The van der Waals surface area contributed by atoms with Crippen LogP contribution in [0, 0.1) is 5.92 Å². The number of nitrogens with two attached hydrogens (primary N) is 1. The lowest BCUT2D eigenvalue weighted by molar-refractivity contribution is -0.119. The third-order valence-electron chi connectivity index (χ3n) is 2.39. The van der Waals surface area contributed by atoms with Crippen molar-refractivity contribution in [2.24, 2.45) is 11.7 Å². The van der Waals surface area contributed by atoms with Crippen molar-refractivity contribution in [1.82, 2.24) is 9.97 Å². The summed E-state index contributed by atoms with van der Waals surface area (Å²) in [6.07, 6.45) is 3.24. The Balaban J connectivity index is 2.73. The second-order valence-corrected chi connectivity index (χ2v) is 5.17. The quantitative estimate of drug-likeness (QED) is 0.829. The molecule has 0 aliphatic rings. The Hall–Kier alpha value is -1.49. The van der Waals surface area contributed by atoms with Gasteiger partial charge in [0.25, 0.3) is 0 Å². The van der Waals surface area contributed by atoms with Crippen LogP contribution in [0.2, 0.25) is 0 Å². The summed E-state index contributed by atoms with van der Waals surface area (Å²) in [6, 6.07) is 0. The van der Waals surface area contributed by atoms with Gasteiger partial charge >= 0.3 is 0 Å². The van der Waals surface area contributed by atoms with Crippen molar-refractivity contribution in [2.45, 2.75) is 33.1 Å². The average molecular weight is 236 g/mol. The van der Waals surface area contributed by atoms with Crippen molar-refractivity contribution in [3.05, 3.63) is 18.2 Å². The molecule has 0 aromatic carbocycles. The molecule has 5 nitrogen and oxygen atoms in total. The molecule has 1 heterocycles.